The molecule has 0 saturated heterocycles. The molecule has 0 atom stereocenters. The third-order valence-electron chi connectivity index (χ3n) is 2.84. The molecule has 0 heterocycles. The molecule has 0 radical (unpaired) electrons. The molecule has 2 aromatic rings. The number of hydrogen-bond acceptors (Lipinski definition) is 5. The normalized spacial score (nSPS) is 9.95. The number of aryl methyl sites for hydroxylation is 1. The maximum atomic E-state index is 11.8. The molecule has 0 fully saturated rings. The zero-order valence-corrected chi connectivity index (χ0v) is 11.1. The summed E-state index contributed by atoms with van der Waals surface area (Å²) in [5.41, 5.74) is 0.409. The molecular weight excluding hydrogens is 274 g/mol. The minimum Gasteiger partial charge on any atom is -0.386 e. The van der Waals surface area contributed by atoms with Gasteiger partial charge in [-0.15, -0.1) is 0 Å². The van der Waals surface area contributed by atoms with Crippen LogP contribution in [-0.4, -0.2) is 16.9 Å². The summed E-state index contributed by atoms with van der Waals surface area (Å²) in [7, 11) is 0. The van der Waals surface area contributed by atoms with E-state index < -0.39 is 16.9 Å². The van der Waals surface area contributed by atoms with Crippen LogP contribution in [0.15, 0.2) is 48.5 Å². The van der Waals surface area contributed by atoms with Gasteiger partial charge in [0.2, 0.25) is 0 Å². The van der Waals surface area contributed by atoms with Gasteiger partial charge in [0.1, 0.15) is 0 Å². The summed E-state index contributed by atoms with van der Waals surface area (Å²) in [4.78, 5) is 33.8. The van der Waals surface area contributed by atoms with Gasteiger partial charge in [-0.2, -0.15) is 0 Å². The van der Waals surface area contributed by atoms with E-state index in [1.54, 1.807) is 25.1 Å². The fraction of sp³-hybridized carbons (Fsp3) is 0.0667. The molecule has 0 spiro atoms. The first-order chi connectivity index (χ1) is 9.99. The van der Waals surface area contributed by atoms with E-state index in [2.05, 4.69) is 0 Å². The van der Waals surface area contributed by atoms with E-state index in [0.717, 1.165) is 6.07 Å². The van der Waals surface area contributed by atoms with Crippen LogP contribution < -0.4 is 0 Å². The maximum absolute atomic E-state index is 11.8. The lowest BCUT2D eigenvalue weighted by Gasteiger charge is -2.04. The van der Waals surface area contributed by atoms with Crippen molar-refractivity contribution < 1.29 is 19.2 Å². The van der Waals surface area contributed by atoms with Gasteiger partial charge in [0.15, 0.2) is 0 Å². The van der Waals surface area contributed by atoms with Crippen LogP contribution in [0.25, 0.3) is 0 Å². The Balaban J connectivity index is 2.19. The minimum atomic E-state index is -0.924. The van der Waals surface area contributed by atoms with E-state index in [0.29, 0.717) is 5.56 Å². The predicted molar refractivity (Wildman–Crippen MR) is 74.0 cm³/mol. The highest BCUT2D eigenvalue weighted by molar-refractivity contribution is 6.02. The molecule has 0 aromatic heterocycles. The van der Waals surface area contributed by atoms with Crippen LogP contribution in [0.2, 0.25) is 0 Å². The molecule has 0 saturated carbocycles. The first-order valence-corrected chi connectivity index (χ1v) is 6.05. The summed E-state index contributed by atoms with van der Waals surface area (Å²) >= 11 is 0. The molecule has 6 nitrogen and oxygen atoms in total. The molecule has 21 heavy (non-hydrogen) atoms. The van der Waals surface area contributed by atoms with Crippen LogP contribution in [0.4, 0.5) is 5.69 Å². The van der Waals surface area contributed by atoms with Gasteiger partial charge in [0.05, 0.1) is 16.1 Å². The number of nitro groups is 1. The van der Waals surface area contributed by atoms with Crippen LogP contribution in [0.3, 0.4) is 0 Å². The third-order valence-corrected chi connectivity index (χ3v) is 2.84. The lowest BCUT2D eigenvalue weighted by atomic mass is 10.1. The molecule has 0 amide bonds. The van der Waals surface area contributed by atoms with E-state index in [4.69, 9.17) is 4.74 Å². The summed E-state index contributed by atoms with van der Waals surface area (Å²) in [5, 5.41) is 10.8. The monoisotopic (exact) mass is 285 g/mol. The topological polar surface area (TPSA) is 86.5 Å². The third kappa shape index (κ3) is 3.30. The number of carbonyl (C=O) groups excluding carboxylic acids is 2. The number of nitro benzene ring substituents is 1. The predicted octanol–water partition coefficient (Wildman–Crippen LogP) is 2.90. The lowest BCUT2D eigenvalue weighted by Crippen LogP contribution is -2.13. The Morgan fingerprint density at radius 2 is 1.62 bits per heavy atom. The van der Waals surface area contributed by atoms with Crippen molar-refractivity contribution in [1.82, 2.24) is 0 Å². The Labute approximate surface area is 120 Å². The molecule has 0 unspecified atom stereocenters. The molecule has 2 aromatic carbocycles. The lowest BCUT2D eigenvalue weighted by molar-refractivity contribution is -0.385. The van der Waals surface area contributed by atoms with Gasteiger partial charge in [0.25, 0.3) is 5.69 Å². The van der Waals surface area contributed by atoms with Crippen molar-refractivity contribution in [2.45, 2.75) is 6.92 Å². The molecule has 2 rings (SSSR count). The molecule has 6 heteroatoms. The van der Waals surface area contributed by atoms with Crippen LogP contribution in [0.5, 0.6) is 0 Å². The van der Waals surface area contributed by atoms with Crippen molar-refractivity contribution in [3.8, 4) is 0 Å². The summed E-state index contributed by atoms with van der Waals surface area (Å²) < 4.78 is 4.70. The first-order valence-electron chi connectivity index (χ1n) is 6.05. The SMILES string of the molecule is Cc1ccc(C(=O)OC(=O)c2ccccc2)cc1[N+](=O)[O-]. The van der Waals surface area contributed by atoms with Gasteiger partial charge >= 0.3 is 11.9 Å². The highest BCUT2D eigenvalue weighted by atomic mass is 16.6. The Morgan fingerprint density at radius 1 is 1.00 bits per heavy atom. The highest BCUT2D eigenvalue weighted by Crippen LogP contribution is 2.20. The van der Waals surface area contributed by atoms with Crippen molar-refractivity contribution >= 4 is 17.6 Å². The quantitative estimate of drug-likeness (QED) is 0.374. The smallest absolute Gasteiger partial charge is 0.346 e. The second-order valence-corrected chi connectivity index (χ2v) is 4.30. The van der Waals surface area contributed by atoms with Gasteiger partial charge in [-0.3, -0.25) is 10.1 Å². The second kappa shape index (κ2) is 5.96. The Morgan fingerprint density at radius 3 is 2.24 bits per heavy atom. The molecular formula is C15H11NO5. The number of rotatable bonds is 3. The fourth-order valence-corrected chi connectivity index (χ4v) is 1.71. The summed E-state index contributed by atoms with van der Waals surface area (Å²) in [6.45, 7) is 1.56. The van der Waals surface area contributed by atoms with E-state index in [1.165, 1.54) is 24.3 Å². The van der Waals surface area contributed by atoms with Crippen LogP contribution in [0.1, 0.15) is 26.3 Å². The summed E-state index contributed by atoms with van der Waals surface area (Å²) in [6.07, 6.45) is 0. The van der Waals surface area contributed by atoms with E-state index >= 15 is 0 Å². The number of benzene rings is 2. The average molecular weight is 285 g/mol. The summed E-state index contributed by atoms with van der Waals surface area (Å²) in [6, 6.07) is 11.9. The van der Waals surface area contributed by atoms with Crippen molar-refractivity contribution in [1.29, 1.82) is 0 Å². The number of esters is 2. The molecule has 0 bridgehead atoms. The Bertz CT molecular complexity index is 709. The average Bonchev–Trinajstić information content (AvgIpc) is 2.48. The Hall–Kier alpha value is -3.02. The van der Waals surface area contributed by atoms with Crippen LogP contribution in [-0.2, 0) is 4.74 Å². The standard InChI is InChI=1S/C15H11NO5/c1-10-7-8-12(9-13(10)16(19)20)15(18)21-14(17)11-5-3-2-4-6-11/h2-9H,1H3. The molecule has 0 aliphatic rings. The van der Waals surface area contributed by atoms with Crippen molar-refractivity contribution in [3.05, 3.63) is 75.3 Å². The maximum Gasteiger partial charge on any atom is 0.346 e. The molecule has 106 valence electrons. The van der Waals surface area contributed by atoms with Crippen molar-refractivity contribution in [2.24, 2.45) is 0 Å². The fourth-order valence-electron chi connectivity index (χ4n) is 1.71. The number of hydrogen-bond donors (Lipinski definition) is 0. The summed E-state index contributed by atoms with van der Waals surface area (Å²) in [5.74, 6) is -1.73. The van der Waals surface area contributed by atoms with Gasteiger partial charge in [-0.1, -0.05) is 24.3 Å². The van der Waals surface area contributed by atoms with E-state index in [9.17, 15) is 19.7 Å². The van der Waals surface area contributed by atoms with E-state index in [1.807, 2.05) is 0 Å². The molecule has 0 aliphatic carbocycles. The van der Waals surface area contributed by atoms with Gasteiger partial charge in [-0.05, 0) is 25.1 Å². The van der Waals surface area contributed by atoms with E-state index in [-0.39, 0.29) is 16.8 Å². The zero-order chi connectivity index (χ0) is 15.4. The highest BCUT2D eigenvalue weighted by Gasteiger charge is 2.19. The van der Waals surface area contributed by atoms with Crippen molar-refractivity contribution in [3.63, 3.8) is 0 Å². The second-order valence-electron chi connectivity index (χ2n) is 4.30. The largest absolute Gasteiger partial charge is 0.386 e. The van der Waals surface area contributed by atoms with Crippen molar-refractivity contribution in [2.75, 3.05) is 0 Å². The number of ether oxygens (including phenoxy) is 1. The van der Waals surface area contributed by atoms with Gasteiger partial charge in [0, 0.05) is 11.6 Å². The first kappa shape index (κ1) is 14.4. The van der Waals surface area contributed by atoms with Crippen LogP contribution >= 0.6 is 0 Å². The molecule has 0 N–H and O–H groups in total. The minimum absolute atomic E-state index is 0.0448. The van der Waals surface area contributed by atoms with Crippen LogP contribution in [0, 0.1) is 17.0 Å². The molecule has 0 aliphatic heterocycles. The Kier molecular flexibility index (Phi) is 4.08. The van der Waals surface area contributed by atoms with Gasteiger partial charge < -0.3 is 4.74 Å². The number of carbonyl (C=O) groups is 2. The zero-order valence-electron chi connectivity index (χ0n) is 11.1. The van der Waals surface area contributed by atoms with Gasteiger partial charge in [-0.25, -0.2) is 9.59 Å². The number of nitrogens with zero attached hydrogens (tertiary/aromatic N) is 1.